The van der Waals surface area contributed by atoms with Crippen molar-refractivity contribution < 1.29 is 19.4 Å². The summed E-state index contributed by atoms with van der Waals surface area (Å²) in [5, 5.41) is 15.7. The SMILES string of the molecule is CCCCCCCCN(CCCCCCCC)CC1CC(c2ccc(CO)cc2)OC(c2ccc(-c3ccccc3CNC(=O)NCc3ccccc3)cc2)O1. The Bertz CT molecular complexity index is 1650. The van der Waals surface area contributed by atoms with Gasteiger partial charge in [0, 0.05) is 31.6 Å². The maximum atomic E-state index is 12.6. The Morgan fingerprint density at radius 3 is 1.89 bits per heavy atom. The molecule has 0 spiro atoms. The molecule has 1 aliphatic heterocycles. The summed E-state index contributed by atoms with van der Waals surface area (Å²) >= 11 is 0. The van der Waals surface area contributed by atoms with E-state index in [0.717, 1.165) is 65.0 Å². The maximum Gasteiger partial charge on any atom is 0.315 e. The second-order valence-corrected chi connectivity index (χ2v) is 15.5. The van der Waals surface area contributed by atoms with Crippen LogP contribution in [0.5, 0.6) is 0 Å². The van der Waals surface area contributed by atoms with Crippen molar-refractivity contribution >= 4 is 6.03 Å². The molecule has 1 fully saturated rings. The molecule has 0 radical (unpaired) electrons. The number of aliphatic hydroxyl groups is 1. The van der Waals surface area contributed by atoms with Crippen molar-refractivity contribution in [2.24, 2.45) is 0 Å². The summed E-state index contributed by atoms with van der Waals surface area (Å²) < 4.78 is 13.6. The largest absolute Gasteiger partial charge is 0.392 e. The molecule has 1 heterocycles. The predicted octanol–water partition coefficient (Wildman–Crippen LogP) is 11.4. The number of aliphatic hydroxyl groups excluding tert-OH is 1. The molecule has 1 aliphatic rings. The average Bonchev–Trinajstić information content (AvgIpc) is 3.25. The molecule has 7 heteroatoms. The normalized spacial score (nSPS) is 16.9. The number of hydrogen-bond donors (Lipinski definition) is 3. The van der Waals surface area contributed by atoms with Gasteiger partial charge in [-0.25, -0.2) is 4.79 Å². The molecular formula is C49H67N3O4. The zero-order valence-corrected chi connectivity index (χ0v) is 34.1. The van der Waals surface area contributed by atoms with E-state index in [2.05, 4.69) is 77.9 Å². The van der Waals surface area contributed by atoms with Gasteiger partial charge in [0.1, 0.15) is 0 Å². The number of carbonyl (C=O) groups excluding carboxylic acids is 1. The standard InChI is InChI=1S/C49H67N3O4/c1-3-5-7-9-11-18-32-52(33-19-12-10-8-6-4-2)37-45-34-47(42-26-24-40(38-53)25-27-42)56-48(55-45)43-30-28-41(29-31-43)46-23-17-16-22-44(46)36-51-49(54)50-35-39-20-14-13-15-21-39/h13-17,20-31,45,47-48,53H,3-12,18-19,32-38H2,1-2H3,(H2,50,51,54). The second-order valence-electron chi connectivity index (χ2n) is 15.5. The molecular weight excluding hydrogens is 695 g/mol. The van der Waals surface area contributed by atoms with Crippen molar-refractivity contribution in [1.29, 1.82) is 0 Å². The van der Waals surface area contributed by atoms with Crippen molar-refractivity contribution in [3.8, 4) is 11.1 Å². The number of benzene rings is 4. The third-order valence-corrected chi connectivity index (χ3v) is 11.0. The zero-order valence-electron chi connectivity index (χ0n) is 34.1. The van der Waals surface area contributed by atoms with Crippen LogP contribution < -0.4 is 10.6 Å². The first-order chi connectivity index (χ1) is 27.6. The minimum atomic E-state index is -0.500. The number of amides is 2. The van der Waals surface area contributed by atoms with Gasteiger partial charge in [0.2, 0.25) is 0 Å². The van der Waals surface area contributed by atoms with Crippen LogP contribution in [0.3, 0.4) is 0 Å². The summed E-state index contributed by atoms with van der Waals surface area (Å²) in [5.41, 5.74) is 7.26. The molecule has 3 atom stereocenters. The Hall–Kier alpha value is -4.01. The van der Waals surface area contributed by atoms with E-state index in [-0.39, 0.29) is 24.8 Å². The molecule has 0 aromatic heterocycles. The number of carbonyl (C=O) groups is 1. The Morgan fingerprint density at radius 1 is 0.643 bits per heavy atom. The minimum absolute atomic E-state index is 0.0240. The predicted molar refractivity (Wildman–Crippen MR) is 229 cm³/mol. The Kier molecular flexibility index (Phi) is 18.9. The molecule has 3 unspecified atom stereocenters. The van der Waals surface area contributed by atoms with Crippen LogP contribution in [0.15, 0.2) is 103 Å². The van der Waals surface area contributed by atoms with Gasteiger partial charge in [-0.1, -0.05) is 181 Å². The lowest BCUT2D eigenvalue weighted by Gasteiger charge is -2.38. The topological polar surface area (TPSA) is 83.1 Å². The molecule has 2 amide bonds. The fourth-order valence-electron chi connectivity index (χ4n) is 7.64. The Balaban J connectivity index is 1.26. The van der Waals surface area contributed by atoms with Crippen LogP contribution in [0.2, 0.25) is 0 Å². The van der Waals surface area contributed by atoms with E-state index in [9.17, 15) is 9.90 Å². The molecule has 302 valence electrons. The molecule has 5 rings (SSSR count). The van der Waals surface area contributed by atoms with Crippen molar-refractivity contribution in [2.75, 3.05) is 19.6 Å². The van der Waals surface area contributed by atoms with Crippen molar-refractivity contribution in [3.63, 3.8) is 0 Å². The van der Waals surface area contributed by atoms with Crippen LogP contribution in [0.1, 0.15) is 138 Å². The average molecular weight is 762 g/mol. The van der Waals surface area contributed by atoms with E-state index in [4.69, 9.17) is 9.47 Å². The fraction of sp³-hybridized carbons (Fsp3) is 0.490. The number of hydrogen-bond acceptors (Lipinski definition) is 5. The van der Waals surface area contributed by atoms with Crippen LogP contribution >= 0.6 is 0 Å². The molecule has 0 aliphatic carbocycles. The summed E-state index contributed by atoms with van der Waals surface area (Å²) in [5.74, 6) is 0. The summed E-state index contributed by atoms with van der Waals surface area (Å²) in [6, 6.07) is 34.6. The number of nitrogens with one attached hydrogen (secondary N) is 2. The first-order valence-electron chi connectivity index (χ1n) is 21.5. The lowest BCUT2D eigenvalue weighted by Crippen LogP contribution is -2.40. The molecule has 4 aromatic carbocycles. The zero-order chi connectivity index (χ0) is 39.2. The first-order valence-corrected chi connectivity index (χ1v) is 21.5. The molecule has 3 N–H and O–H groups in total. The van der Waals surface area contributed by atoms with Gasteiger partial charge in [-0.15, -0.1) is 0 Å². The summed E-state index contributed by atoms with van der Waals surface area (Å²) in [7, 11) is 0. The van der Waals surface area contributed by atoms with Crippen LogP contribution in [0.25, 0.3) is 11.1 Å². The lowest BCUT2D eigenvalue weighted by atomic mass is 9.97. The highest BCUT2D eigenvalue weighted by Crippen LogP contribution is 2.39. The number of ether oxygens (including phenoxy) is 2. The number of urea groups is 1. The van der Waals surface area contributed by atoms with Crippen LogP contribution in [-0.4, -0.2) is 41.8 Å². The van der Waals surface area contributed by atoms with E-state index < -0.39 is 6.29 Å². The Labute approximate surface area is 337 Å². The van der Waals surface area contributed by atoms with E-state index >= 15 is 0 Å². The van der Waals surface area contributed by atoms with Gasteiger partial charge in [0.05, 0.1) is 18.8 Å². The monoisotopic (exact) mass is 762 g/mol. The molecule has 1 saturated heterocycles. The van der Waals surface area contributed by atoms with E-state index in [1.807, 2.05) is 54.6 Å². The highest BCUT2D eigenvalue weighted by molar-refractivity contribution is 5.75. The maximum absolute atomic E-state index is 12.6. The van der Waals surface area contributed by atoms with Crippen molar-refractivity contribution in [2.45, 2.75) is 136 Å². The third-order valence-electron chi connectivity index (χ3n) is 11.0. The van der Waals surface area contributed by atoms with Gasteiger partial charge in [-0.3, -0.25) is 0 Å². The first kappa shape index (κ1) is 43.1. The fourth-order valence-corrected chi connectivity index (χ4v) is 7.64. The summed E-state index contributed by atoms with van der Waals surface area (Å²) in [6.45, 7) is 8.60. The quantitative estimate of drug-likeness (QED) is 0.0619. The number of rotatable bonds is 24. The van der Waals surface area contributed by atoms with Gasteiger partial charge < -0.3 is 30.1 Å². The molecule has 56 heavy (non-hydrogen) atoms. The van der Waals surface area contributed by atoms with E-state index in [1.165, 1.54) is 77.0 Å². The molecule has 0 bridgehead atoms. The smallest absolute Gasteiger partial charge is 0.315 e. The molecule has 7 nitrogen and oxygen atoms in total. The van der Waals surface area contributed by atoms with Gasteiger partial charge in [-0.05, 0) is 59.3 Å². The van der Waals surface area contributed by atoms with Gasteiger partial charge in [0.15, 0.2) is 6.29 Å². The van der Waals surface area contributed by atoms with E-state index in [0.29, 0.717) is 13.1 Å². The highest BCUT2D eigenvalue weighted by atomic mass is 16.7. The lowest BCUT2D eigenvalue weighted by molar-refractivity contribution is -0.253. The summed E-state index contributed by atoms with van der Waals surface area (Å²) in [4.78, 5) is 15.3. The molecule has 0 saturated carbocycles. The molecule has 4 aromatic rings. The van der Waals surface area contributed by atoms with Crippen LogP contribution in [-0.2, 0) is 29.2 Å². The summed E-state index contributed by atoms with van der Waals surface area (Å²) in [6.07, 6.45) is 15.8. The van der Waals surface area contributed by atoms with Crippen molar-refractivity contribution in [1.82, 2.24) is 15.5 Å². The van der Waals surface area contributed by atoms with Crippen LogP contribution in [0, 0.1) is 0 Å². The number of nitrogens with zero attached hydrogens (tertiary/aromatic N) is 1. The Morgan fingerprint density at radius 2 is 1.23 bits per heavy atom. The number of unbranched alkanes of at least 4 members (excludes halogenated alkanes) is 10. The minimum Gasteiger partial charge on any atom is -0.392 e. The van der Waals surface area contributed by atoms with Gasteiger partial charge in [-0.2, -0.15) is 0 Å². The van der Waals surface area contributed by atoms with Gasteiger partial charge in [0.25, 0.3) is 0 Å². The van der Waals surface area contributed by atoms with E-state index in [1.54, 1.807) is 0 Å². The van der Waals surface area contributed by atoms with Gasteiger partial charge >= 0.3 is 6.03 Å². The van der Waals surface area contributed by atoms with Crippen LogP contribution in [0.4, 0.5) is 4.79 Å². The highest BCUT2D eigenvalue weighted by Gasteiger charge is 2.33. The van der Waals surface area contributed by atoms with Crippen molar-refractivity contribution in [3.05, 3.63) is 131 Å². The third kappa shape index (κ3) is 14.5. The second kappa shape index (κ2) is 24.6.